The van der Waals surface area contributed by atoms with Gasteiger partial charge in [-0.3, -0.25) is 0 Å². The SMILES string of the molecule is CCCc1noc(COc2c(C)cccc2CO)n1. The van der Waals surface area contributed by atoms with Crippen LogP contribution in [0.4, 0.5) is 0 Å². The van der Waals surface area contributed by atoms with Crippen molar-refractivity contribution in [1.82, 2.24) is 10.1 Å². The van der Waals surface area contributed by atoms with Gasteiger partial charge in [-0.2, -0.15) is 4.98 Å². The van der Waals surface area contributed by atoms with Crippen LogP contribution in [-0.4, -0.2) is 15.2 Å². The molecule has 1 heterocycles. The van der Waals surface area contributed by atoms with Crippen molar-refractivity contribution in [3.05, 3.63) is 41.0 Å². The van der Waals surface area contributed by atoms with Crippen molar-refractivity contribution in [3.8, 4) is 5.75 Å². The lowest BCUT2D eigenvalue weighted by Gasteiger charge is -2.10. The van der Waals surface area contributed by atoms with E-state index in [1.165, 1.54) is 0 Å². The Bertz CT molecular complexity index is 537. The van der Waals surface area contributed by atoms with E-state index in [2.05, 4.69) is 17.1 Å². The Kier molecular flexibility index (Phi) is 4.52. The molecule has 0 aliphatic carbocycles. The van der Waals surface area contributed by atoms with Gasteiger partial charge in [-0.25, -0.2) is 0 Å². The van der Waals surface area contributed by atoms with Crippen LogP contribution in [0.15, 0.2) is 22.7 Å². The normalized spacial score (nSPS) is 10.7. The molecule has 0 bridgehead atoms. The van der Waals surface area contributed by atoms with Gasteiger partial charge in [0.25, 0.3) is 5.89 Å². The van der Waals surface area contributed by atoms with Crippen LogP contribution in [-0.2, 0) is 19.6 Å². The fourth-order valence-corrected chi connectivity index (χ4v) is 1.85. The molecule has 0 radical (unpaired) electrons. The van der Waals surface area contributed by atoms with Crippen molar-refractivity contribution >= 4 is 0 Å². The van der Waals surface area contributed by atoms with E-state index in [9.17, 15) is 5.11 Å². The number of benzene rings is 1. The minimum atomic E-state index is -0.0536. The summed E-state index contributed by atoms with van der Waals surface area (Å²) in [7, 11) is 0. The van der Waals surface area contributed by atoms with Crippen LogP contribution in [0.5, 0.6) is 5.75 Å². The van der Waals surface area contributed by atoms with E-state index in [1.54, 1.807) is 0 Å². The highest BCUT2D eigenvalue weighted by Gasteiger charge is 2.10. The average molecular weight is 262 g/mol. The third kappa shape index (κ3) is 3.32. The van der Waals surface area contributed by atoms with Crippen LogP contribution in [0.1, 0.15) is 36.2 Å². The van der Waals surface area contributed by atoms with E-state index in [0.29, 0.717) is 17.5 Å². The van der Waals surface area contributed by atoms with Crippen molar-refractivity contribution in [1.29, 1.82) is 0 Å². The predicted octanol–water partition coefficient (Wildman–Crippen LogP) is 2.40. The van der Waals surface area contributed by atoms with E-state index < -0.39 is 0 Å². The average Bonchev–Trinajstić information content (AvgIpc) is 2.85. The van der Waals surface area contributed by atoms with Gasteiger partial charge >= 0.3 is 0 Å². The van der Waals surface area contributed by atoms with Gasteiger partial charge in [-0.1, -0.05) is 30.3 Å². The molecule has 0 saturated heterocycles. The van der Waals surface area contributed by atoms with Crippen molar-refractivity contribution in [2.24, 2.45) is 0 Å². The fourth-order valence-electron chi connectivity index (χ4n) is 1.85. The largest absolute Gasteiger partial charge is 0.483 e. The van der Waals surface area contributed by atoms with Crippen LogP contribution >= 0.6 is 0 Å². The van der Waals surface area contributed by atoms with Gasteiger partial charge in [0, 0.05) is 12.0 Å². The minimum absolute atomic E-state index is 0.0536. The maximum atomic E-state index is 9.28. The Hall–Kier alpha value is -1.88. The minimum Gasteiger partial charge on any atom is -0.483 e. The number of rotatable bonds is 6. The van der Waals surface area contributed by atoms with Crippen LogP contribution in [0.3, 0.4) is 0 Å². The van der Waals surface area contributed by atoms with Gasteiger partial charge in [-0.05, 0) is 18.9 Å². The molecule has 2 aromatic rings. The topological polar surface area (TPSA) is 68.4 Å². The Balaban J connectivity index is 2.05. The number of para-hydroxylation sites is 1. The van der Waals surface area contributed by atoms with Gasteiger partial charge in [0.2, 0.25) is 0 Å². The zero-order valence-electron chi connectivity index (χ0n) is 11.2. The second kappa shape index (κ2) is 6.33. The first-order valence-corrected chi connectivity index (χ1v) is 6.38. The lowest BCUT2D eigenvalue weighted by atomic mass is 10.1. The highest BCUT2D eigenvalue weighted by molar-refractivity contribution is 5.40. The zero-order valence-corrected chi connectivity index (χ0v) is 11.2. The molecule has 0 aliphatic rings. The van der Waals surface area contributed by atoms with E-state index in [0.717, 1.165) is 24.0 Å². The summed E-state index contributed by atoms with van der Waals surface area (Å²) in [6.45, 7) is 4.16. The van der Waals surface area contributed by atoms with E-state index in [-0.39, 0.29) is 13.2 Å². The standard InChI is InChI=1S/C14H18N2O3/c1-3-5-12-15-13(19-16-12)9-18-14-10(2)6-4-7-11(14)8-17/h4,6-7,17H,3,5,8-9H2,1-2H3. The molecular weight excluding hydrogens is 244 g/mol. The van der Waals surface area contributed by atoms with Crippen LogP contribution in [0.2, 0.25) is 0 Å². The fraction of sp³-hybridized carbons (Fsp3) is 0.429. The third-order valence-electron chi connectivity index (χ3n) is 2.79. The molecule has 0 unspecified atom stereocenters. The number of aryl methyl sites for hydroxylation is 2. The number of aromatic nitrogens is 2. The second-order valence-electron chi connectivity index (χ2n) is 4.36. The molecule has 5 heteroatoms. The molecule has 0 aliphatic heterocycles. The molecule has 0 spiro atoms. The molecule has 5 nitrogen and oxygen atoms in total. The number of hydrogen-bond acceptors (Lipinski definition) is 5. The van der Waals surface area contributed by atoms with E-state index in [1.807, 2.05) is 25.1 Å². The monoisotopic (exact) mass is 262 g/mol. The smallest absolute Gasteiger partial charge is 0.264 e. The molecule has 0 amide bonds. The predicted molar refractivity (Wildman–Crippen MR) is 69.7 cm³/mol. The first kappa shape index (κ1) is 13.5. The molecule has 0 fully saturated rings. The molecule has 19 heavy (non-hydrogen) atoms. The van der Waals surface area contributed by atoms with Crippen molar-refractivity contribution in [2.45, 2.75) is 39.9 Å². The Morgan fingerprint density at radius 1 is 1.37 bits per heavy atom. The number of nitrogens with zero attached hydrogens (tertiary/aromatic N) is 2. The molecule has 0 atom stereocenters. The molecule has 1 aromatic heterocycles. The van der Waals surface area contributed by atoms with Crippen LogP contribution < -0.4 is 4.74 Å². The number of hydrogen-bond donors (Lipinski definition) is 1. The Morgan fingerprint density at radius 3 is 2.95 bits per heavy atom. The first-order chi connectivity index (χ1) is 9.24. The molecule has 102 valence electrons. The van der Waals surface area contributed by atoms with E-state index in [4.69, 9.17) is 9.26 Å². The van der Waals surface area contributed by atoms with Gasteiger partial charge in [0.15, 0.2) is 12.4 Å². The summed E-state index contributed by atoms with van der Waals surface area (Å²) in [6, 6.07) is 5.66. The second-order valence-corrected chi connectivity index (χ2v) is 4.36. The summed E-state index contributed by atoms with van der Waals surface area (Å²) >= 11 is 0. The highest BCUT2D eigenvalue weighted by Crippen LogP contribution is 2.24. The number of ether oxygens (including phenoxy) is 1. The quantitative estimate of drug-likeness (QED) is 0.865. The summed E-state index contributed by atoms with van der Waals surface area (Å²) in [6.07, 6.45) is 1.78. The summed E-state index contributed by atoms with van der Waals surface area (Å²) in [5.74, 6) is 1.84. The lowest BCUT2D eigenvalue weighted by Crippen LogP contribution is -2.01. The Morgan fingerprint density at radius 2 is 2.21 bits per heavy atom. The lowest BCUT2D eigenvalue weighted by molar-refractivity contribution is 0.227. The summed E-state index contributed by atoms with van der Waals surface area (Å²) < 4.78 is 10.8. The molecular formula is C14H18N2O3. The summed E-state index contributed by atoms with van der Waals surface area (Å²) in [5.41, 5.74) is 1.73. The number of aliphatic hydroxyl groups excluding tert-OH is 1. The van der Waals surface area contributed by atoms with Crippen LogP contribution in [0, 0.1) is 6.92 Å². The first-order valence-electron chi connectivity index (χ1n) is 6.38. The van der Waals surface area contributed by atoms with Gasteiger partial charge in [0.05, 0.1) is 6.61 Å². The van der Waals surface area contributed by atoms with Crippen molar-refractivity contribution in [3.63, 3.8) is 0 Å². The summed E-state index contributed by atoms with van der Waals surface area (Å²) in [4.78, 5) is 4.23. The molecule has 2 rings (SSSR count). The van der Waals surface area contributed by atoms with Gasteiger partial charge in [-0.15, -0.1) is 0 Å². The maximum Gasteiger partial charge on any atom is 0.264 e. The Labute approximate surface area is 112 Å². The number of aliphatic hydroxyl groups is 1. The molecule has 1 aromatic carbocycles. The van der Waals surface area contributed by atoms with Crippen LogP contribution in [0.25, 0.3) is 0 Å². The van der Waals surface area contributed by atoms with E-state index >= 15 is 0 Å². The van der Waals surface area contributed by atoms with Gasteiger partial charge in [0.1, 0.15) is 5.75 Å². The van der Waals surface area contributed by atoms with Crippen molar-refractivity contribution < 1.29 is 14.4 Å². The molecule has 1 N–H and O–H groups in total. The van der Waals surface area contributed by atoms with Crippen molar-refractivity contribution in [2.75, 3.05) is 0 Å². The third-order valence-corrected chi connectivity index (χ3v) is 2.79. The molecule has 0 saturated carbocycles. The summed E-state index contributed by atoms with van der Waals surface area (Å²) in [5, 5.41) is 13.2. The zero-order chi connectivity index (χ0) is 13.7. The van der Waals surface area contributed by atoms with Gasteiger partial charge < -0.3 is 14.4 Å². The highest BCUT2D eigenvalue weighted by atomic mass is 16.5. The maximum absolute atomic E-state index is 9.28.